The Bertz CT molecular complexity index is 413. The maximum atomic E-state index is 5.97. The van der Waals surface area contributed by atoms with Gasteiger partial charge in [-0.2, -0.15) is 0 Å². The van der Waals surface area contributed by atoms with Crippen LogP contribution >= 0.6 is 0 Å². The Morgan fingerprint density at radius 2 is 1.95 bits per heavy atom. The molecule has 2 heterocycles. The second-order valence-corrected chi connectivity index (χ2v) is 5.95. The number of nitrogens with two attached hydrogens (primary N) is 1. The topological polar surface area (TPSA) is 38.5 Å². The summed E-state index contributed by atoms with van der Waals surface area (Å²) >= 11 is 0. The van der Waals surface area contributed by atoms with Gasteiger partial charge in [0.25, 0.3) is 0 Å². The molecule has 0 saturated carbocycles. The van der Waals surface area contributed by atoms with Crippen molar-refractivity contribution in [1.29, 1.82) is 0 Å². The van der Waals surface area contributed by atoms with Crippen LogP contribution in [0.15, 0.2) is 24.3 Å². The number of nitrogens with zero attached hydrogens (tertiary/aromatic N) is 1. The number of hydrogen-bond acceptors (Lipinski definition) is 3. The highest BCUT2D eigenvalue weighted by atomic mass is 16.5. The van der Waals surface area contributed by atoms with E-state index in [9.17, 15) is 0 Å². The van der Waals surface area contributed by atoms with Crippen LogP contribution in [0.4, 0.5) is 0 Å². The standard InChI is InChI=1S/C16H24N2O/c17-15-5-8-18(9-6-15)12-13-7-10-19-16-4-2-1-3-14(16)11-13/h1-4,13,15H,5-12,17H2/t13-/m0/s1. The van der Waals surface area contributed by atoms with E-state index >= 15 is 0 Å². The maximum Gasteiger partial charge on any atom is 0.122 e. The quantitative estimate of drug-likeness (QED) is 0.884. The fraction of sp³-hybridized carbons (Fsp3) is 0.625. The predicted octanol–water partition coefficient (Wildman–Crippen LogP) is 2.05. The van der Waals surface area contributed by atoms with Gasteiger partial charge in [0.05, 0.1) is 6.61 Å². The molecule has 0 unspecified atom stereocenters. The van der Waals surface area contributed by atoms with Gasteiger partial charge in [-0.1, -0.05) is 18.2 Å². The Hall–Kier alpha value is -1.06. The van der Waals surface area contributed by atoms with Crippen molar-refractivity contribution in [1.82, 2.24) is 4.90 Å². The Morgan fingerprint density at radius 1 is 1.16 bits per heavy atom. The Labute approximate surface area is 115 Å². The third-order valence-corrected chi connectivity index (χ3v) is 4.41. The van der Waals surface area contributed by atoms with Crippen molar-refractivity contribution in [3.05, 3.63) is 29.8 Å². The Balaban J connectivity index is 1.60. The molecule has 1 aromatic rings. The molecule has 2 aliphatic heterocycles. The first kappa shape index (κ1) is 12.9. The molecule has 1 saturated heterocycles. The van der Waals surface area contributed by atoms with Gasteiger partial charge in [-0.15, -0.1) is 0 Å². The highest BCUT2D eigenvalue weighted by Gasteiger charge is 2.22. The lowest BCUT2D eigenvalue weighted by molar-refractivity contribution is 0.172. The van der Waals surface area contributed by atoms with Crippen LogP contribution in [-0.2, 0) is 6.42 Å². The minimum atomic E-state index is 0.425. The van der Waals surface area contributed by atoms with E-state index in [0.717, 1.165) is 44.0 Å². The molecule has 2 aliphatic rings. The van der Waals surface area contributed by atoms with Crippen LogP contribution < -0.4 is 10.5 Å². The molecule has 2 N–H and O–H groups in total. The molecule has 1 atom stereocenters. The van der Waals surface area contributed by atoms with Crippen molar-refractivity contribution < 1.29 is 4.74 Å². The molecule has 0 radical (unpaired) electrons. The minimum Gasteiger partial charge on any atom is -0.493 e. The monoisotopic (exact) mass is 260 g/mol. The van der Waals surface area contributed by atoms with Gasteiger partial charge in [0.15, 0.2) is 0 Å². The van der Waals surface area contributed by atoms with Gasteiger partial charge in [-0.3, -0.25) is 0 Å². The van der Waals surface area contributed by atoms with Crippen LogP contribution in [0, 0.1) is 5.92 Å². The summed E-state index contributed by atoms with van der Waals surface area (Å²) in [6.07, 6.45) is 4.62. The molecule has 1 fully saturated rings. The molecule has 3 nitrogen and oxygen atoms in total. The number of fused-ring (bicyclic) bond motifs is 1. The summed E-state index contributed by atoms with van der Waals surface area (Å²) in [5.74, 6) is 1.81. The van der Waals surface area contributed by atoms with E-state index in [1.165, 1.54) is 25.2 Å². The third kappa shape index (κ3) is 3.28. The molecular formula is C16H24N2O. The van der Waals surface area contributed by atoms with Gasteiger partial charge in [0.2, 0.25) is 0 Å². The molecule has 0 aliphatic carbocycles. The van der Waals surface area contributed by atoms with E-state index < -0.39 is 0 Å². The smallest absolute Gasteiger partial charge is 0.122 e. The number of rotatable bonds is 2. The van der Waals surface area contributed by atoms with Gasteiger partial charge in [0, 0.05) is 12.6 Å². The normalized spacial score (nSPS) is 25.4. The molecule has 0 aromatic heterocycles. The van der Waals surface area contributed by atoms with Crippen LogP contribution in [0.1, 0.15) is 24.8 Å². The van der Waals surface area contributed by atoms with Gasteiger partial charge in [0.1, 0.15) is 5.75 Å². The molecule has 3 rings (SSSR count). The second-order valence-electron chi connectivity index (χ2n) is 5.95. The fourth-order valence-corrected chi connectivity index (χ4v) is 3.22. The zero-order valence-electron chi connectivity index (χ0n) is 11.6. The number of hydrogen-bond donors (Lipinski definition) is 1. The summed E-state index contributed by atoms with van der Waals surface area (Å²) < 4.78 is 5.85. The van der Waals surface area contributed by atoms with Crippen molar-refractivity contribution in [3.8, 4) is 5.75 Å². The molecule has 19 heavy (non-hydrogen) atoms. The molecular weight excluding hydrogens is 236 g/mol. The lowest BCUT2D eigenvalue weighted by Gasteiger charge is -2.32. The summed E-state index contributed by atoms with van der Waals surface area (Å²) in [4.78, 5) is 2.59. The van der Waals surface area contributed by atoms with Crippen molar-refractivity contribution >= 4 is 0 Å². The first-order valence-corrected chi connectivity index (χ1v) is 7.50. The number of piperidine rings is 1. The number of benzene rings is 1. The first-order chi connectivity index (χ1) is 9.31. The summed E-state index contributed by atoms with van der Waals surface area (Å²) in [6, 6.07) is 8.90. The number of para-hydroxylation sites is 1. The Kier molecular flexibility index (Phi) is 4.04. The third-order valence-electron chi connectivity index (χ3n) is 4.41. The number of likely N-dealkylation sites (tertiary alicyclic amines) is 1. The summed E-state index contributed by atoms with van der Waals surface area (Å²) in [7, 11) is 0. The first-order valence-electron chi connectivity index (χ1n) is 7.50. The number of ether oxygens (including phenoxy) is 1. The Morgan fingerprint density at radius 3 is 2.79 bits per heavy atom. The van der Waals surface area contributed by atoms with E-state index in [-0.39, 0.29) is 0 Å². The van der Waals surface area contributed by atoms with Crippen molar-refractivity contribution in [3.63, 3.8) is 0 Å². The minimum absolute atomic E-state index is 0.425. The summed E-state index contributed by atoms with van der Waals surface area (Å²) in [5.41, 5.74) is 7.35. The molecule has 0 amide bonds. The van der Waals surface area contributed by atoms with E-state index in [2.05, 4.69) is 29.2 Å². The molecule has 3 heteroatoms. The molecule has 1 aromatic carbocycles. The van der Waals surface area contributed by atoms with Crippen LogP contribution in [0.25, 0.3) is 0 Å². The second kappa shape index (κ2) is 5.93. The van der Waals surface area contributed by atoms with Gasteiger partial charge < -0.3 is 15.4 Å². The largest absolute Gasteiger partial charge is 0.493 e. The summed E-state index contributed by atoms with van der Waals surface area (Å²) in [6.45, 7) is 4.39. The summed E-state index contributed by atoms with van der Waals surface area (Å²) in [5, 5.41) is 0. The van der Waals surface area contributed by atoms with Gasteiger partial charge >= 0.3 is 0 Å². The van der Waals surface area contributed by atoms with Gasteiger partial charge in [-0.05, 0) is 56.3 Å². The lowest BCUT2D eigenvalue weighted by Crippen LogP contribution is -2.42. The fourth-order valence-electron chi connectivity index (χ4n) is 3.22. The predicted molar refractivity (Wildman–Crippen MR) is 77.4 cm³/mol. The van der Waals surface area contributed by atoms with E-state index in [0.29, 0.717) is 6.04 Å². The van der Waals surface area contributed by atoms with Crippen LogP contribution in [0.3, 0.4) is 0 Å². The molecule has 0 spiro atoms. The highest BCUT2D eigenvalue weighted by molar-refractivity contribution is 5.34. The lowest BCUT2D eigenvalue weighted by atomic mass is 9.95. The van der Waals surface area contributed by atoms with Crippen molar-refractivity contribution in [2.45, 2.75) is 31.7 Å². The average molecular weight is 260 g/mol. The van der Waals surface area contributed by atoms with E-state index in [1.807, 2.05) is 0 Å². The van der Waals surface area contributed by atoms with Crippen LogP contribution in [-0.4, -0.2) is 37.2 Å². The SMILES string of the molecule is NC1CCN(C[C@H]2CCOc3ccccc3C2)CC1. The molecule has 104 valence electrons. The zero-order valence-corrected chi connectivity index (χ0v) is 11.6. The van der Waals surface area contributed by atoms with Crippen LogP contribution in [0.5, 0.6) is 5.75 Å². The molecule has 0 bridgehead atoms. The van der Waals surface area contributed by atoms with Gasteiger partial charge in [-0.25, -0.2) is 0 Å². The van der Waals surface area contributed by atoms with E-state index in [1.54, 1.807) is 0 Å². The zero-order chi connectivity index (χ0) is 13.1. The van der Waals surface area contributed by atoms with Crippen molar-refractivity contribution in [2.75, 3.05) is 26.2 Å². The van der Waals surface area contributed by atoms with E-state index in [4.69, 9.17) is 10.5 Å². The average Bonchev–Trinajstić information content (AvgIpc) is 2.63. The highest BCUT2D eigenvalue weighted by Crippen LogP contribution is 2.27. The van der Waals surface area contributed by atoms with Crippen molar-refractivity contribution in [2.24, 2.45) is 11.7 Å². The van der Waals surface area contributed by atoms with Crippen LogP contribution in [0.2, 0.25) is 0 Å². The maximum absolute atomic E-state index is 5.97.